The first-order valence-corrected chi connectivity index (χ1v) is 17.1. The number of aromatic nitrogens is 5. The molecule has 1 saturated carbocycles. The maximum atomic E-state index is 15.0. The number of carbonyl (C=O) groups excluding carboxylic acids is 2. The highest BCUT2D eigenvalue weighted by molar-refractivity contribution is 6.32. The molecule has 4 aromatic rings. The van der Waals surface area contributed by atoms with Gasteiger partial charge in [0.15, 0.2) is 17.3 Å². The Balaban J connectivity index is 1.41. The molecule has 6 rings (SSSR count). The molecule has 1 saturated heterocycles. The van der Waals surface area contributed by atoms with Gasteiger partial charge in [0.05, 0.1) is 22.9 Å². The average molecular weight is 790 g/mol. The highest BCUT2D eigenvalue weighted by Crippen LogP contribution is 2.46. The maximum Gasteiger partial charge on any atom is 0.433 e. The van der Waals surface area contributed by atoms with Crippen LogP contribution in [-0.2, 0) is 15.1 Å². The number of hydrogen-bond acceptors (Lipinski definition) is 7. The summed E-state index contributed by atoms with van der Waals surface area (Å²) in [4.78, 5) is 36.1. The fraction of sp³-hybridized carbons (Fsp3) is 0.361. The van der Waals surface area contributed by atoms with Crippen molar-refractivity contribution in [2.24, 2.45) is 22.2 Å². The number of amides is 2. The Bertz CT molecular complexity index is 2150. The number of aliphatic imine (C=N–C) groups is 1. The van der Waals surface area contributed by atoms with Crippen LogP contribution in [0.15, 0.2) is 78.3 Å². The van der Waals surface area contributed by atoms with E-state index in [0.717, 1.165) is 22.1 Å². The molecule has 1 aliphatic heterocycles. The summed E-state index contributed by atoms with van der Waals surface area (Å²) in [6.07, 6.45) is -2.19. The summed E-state index contributed by atoms with van der Waals surface area (Å²) in [7, 11) is 0. The van der Waals surface area contributed by atoms with E-state index in [4.69, 9.17) is 21.7 Å². The van der Waals surface area contributed by atoms with Gasteiger partial charge in [-0.25, -0.2) is 36.7 Å². The summed E-state index contributed by atoms with van der Waals surface area (Å²) in [5, 5.41) is 19.7. The van der Waals surface area contributed by atoms with Gasteiger partial charge in [-0.2, -0.15) is 24.0 Å². The molecule has 2 aromatic carbocycles. The molecule has 0 radical (unpaired) electrons. The summed E-state index contributed by atoms with van der Waals surface area (Å²) in [6.45, 7) is 6.21. The lowest BCUT2D eigenvalue weighted by Gasteiger charge is -2.37. The van der Waals surface area contributed by atoms with Crippen LogP contribution in [0.5, 0.6) is 0 Å². The number of ether oxygens (including phenoxy) is 1. The number of rotatable bonds is 12. The number of hydrogen-bond donors (Lipinski definition) is 2. The first kappa shape index (κ1) is 39.2. The molecule has 0 bridgehead atoms. The molecule has 2 amide bonds. The van der Waals surface area contributed by atoms with Crippen LogP contribution in [0.25, 0.3) is 16.8 Å². The molecule has 0 spiro atoms. The van der Waals surface area contributed by atoms with Crippen LogP contribution in [0.4, 0.5) is 31.1 Å². The van der Waals surface area contributed by atoms with Gasteiger partial charge in [0, 0.05) is 29.8 Å². The summed E-state index contributed by atoms with van der Waals surface area (Å²) in [6, 6.07) is 9.15. The maximum absolute atomic E-state index is 15.0. The van der Waals surface area contributed by atoms with E-state index in [1.807, 2.05) is 20.8 Å². The standard InChI is InChI=1S/C36H34ClF6N9O3/c1-18(35(2,3)4)36(23-8-5-19(6-9-23)22-14-47-50(15-22)32(42)43)31(53)51(33(44)49-36)27(16-55-34(54)45-13-21-11-24(21)28(38)39)20-7-10-25(37)26(12-20)52-30(29(40)41)46-17-48-52/h5-10,12-15,17,21,24,27-29,32H,1,11,16H2,2-4H3,(H2,44,49)/b45-13-/t21?,24-,27+,36+/m0/s1. The van der Waals surface area contributed by atoms with Crippen molar-refractivity contribution in [1.82, 2.24) is 34.8 Å². The molecule has 3 heterocycles. The summed E-state index contributed by atoms with van der Waals surface area (Å²) in [5.74, 6) is -3.44. The van der Waals surface area contributed by atoms with Crippen LogP contribution in [0.1, 0.15) is 63.2 Å². The van der Waals surface area contributed by atoms with E-state index in [1.165, 1.54) is 30.6 Å². The smallest absolute Gasteiger partial charge is 0.433 e. The van der Waals surface area contributed by atoms with Crippen molar-refractivity contribution in [3.05, 3.63) is 95.3 Å². The second-order valence-electron chi connectivity index (χ2n) is 14.0. The quantitative estimate of drug-likeness (QED) is 0.0838. The minimum Gasteiger partial charge on any atom is -0.445 e. The molecule has 4 atom stereocenters. The zero-order chi connectivity index (χ0) is 40.0. The number of benzene rings is 2. The van der Waals surface area contributed by atoms with Gasteiger partial charge >= 0.3 is 12.6 Å². The monoisotopic (exact) mass is 789 g/mol. The van der Waals surface area contributed by atoms with Gasteiger partial charge in [-0.15, -0.1) is 0 Å². The Kier molecular flexibility index (Phi) is 10.7. The van der Waals surface area contributed by atoms with Gasteiger partial charge in [-0.05, 0) is 46.2 Å². The van der Waals surface area contributed by atoms with E-state index in [2.05, 4.69) is 32.1 Å². The zero-order valence-electron chi connectivity index (χ0n) is 29.4. The summed E-state index contributed by atoms with van der Waals surface area (Å²) in [5.41, 5.74) is -0.924. The van der Waals surface area contributed by atoms with Gasteiger partial charge in [0.1, 0.15) is 12.9 Å². The van der Waals surface area contributed by atoms with Crippen molar-refractivity contribution in [1.29, 1.82) is 5.41 Å². The number of nitrogens with zero attached hydrogens (tertiary/aromatic N) is 7. The van der Waals surface area contributed by atoms with Crippen LogP contribution < -0.4 is 5.32 Å². The van der Waals surface area contributed by atoms with E-state index in [-0.39, 0.29) is 22.7 Å². The molecule has 2 N–H and O–H groups in total. The molecule has 290 valence electrons. The van der Waals surface area contributed by atoms with Crippen LogP contribution >= 0.6 is 11.6 Å². The fourth-order valence-corrected chi connectivity index (χ4v) is 6.56. The van der Waals surface area contributed by atoms with Crippen molar-refractivity contribution in [3.63, 3.8) is 0 Å². The topological polar surface area (TPSA) is 143 Å². The Labute approximate surface area is 315 Å². The minimum absolute atomic E-state index is 0.0231. The second-order valence-corrected chi connectivity index (χ2v) is 14.4. The van der Waals surface area contributed by atoms with E-state index in [9.17, 15) is 31.1 Å². The molecule has 55 heavy (non-hydrogen) atoms. The highest BCUT2D eigenvalue weighted by atomic mass is 35.5. The predicted octanol–water partition coefficient (Wildman–Crippen LogP) is 8.13. The Morgan fingerprint density at radius 1 is 1.13 bits per heavy atom. The van der Waals surface area contributed by atoms with E-state index in [1.54, 1.807) is 24.3 Å². The van der Waals surface area contributed by atoms with Gasteiger partial charge < -0.3 is 10.1 Å². The van der Waals surface area contributed by atoms with Gasteiger partial charge in [0.2, 0.25) is 6.43 Å². The molecule has 2 fully saturated rings. The lowest BCUT2D eigenvalue weighted by molar-refractivity contribution is -0.132. The molecule has 1 aliphatic carbocycles. The third kappa shape index (κ3) is 7.59. The van der Waals surface area contributed by atoms with Gasteiger partial charge in [-0.3, -0.25) is 15.1 Å². The Morgan fingerprint density at radius 2 is 1.84 bits per heavy atom. The van der Waals surface area contributed by atoms with Crippen LogP contribution in [0.3, 0.4) is 0 Å². The fourth-order valence-electron chi connectivity index (χ4n) is 6.36. The Morgan fingerprint density at radius 3 is 2.44 bits per heavy atom. The third-order valence-electron chi connectivity index (χ3n) is 9.51. The van der Waals surface area contributed by atoms with E-state index in [0.29, 0.717) is 26.9 Å². The summed E-state index contributed by atoms with van der Waals surface area (Å²) < 4.78 is 86.9. The number of carbonyl (C=O) groups is 2. The van der Waals surface area contributed by atoms with Crippen molar-refractivity contribution in [3.8, 4) is 16.8 Å². The molecule has 2 aromatic heterocycles. The number of alkyl halides is 6. The number of nitrogens with one attached hydrogen (secondary N) is 2. The molecular formula is C36H34ClF6N9O3. The van der Waals surface area contributed by atoms with Crippen LogP contribution in [-0.4, -0.2) is 66.7 Å². The lowest BCUT2D eigenvalue weighted by atomic mass is 9.71. The van der Waals surface area contributed by atoms with Crippen molar-refractivity contribution < 1.29 is 40.7 Å². The molecule has 19 heteroatoms. The molecular weight excluding hydrogens is 756 g/mol. The van der Waals surface area contributed by atoms with Crippen molar-refractivity contribution >= 4 is 35.8 Å². The molecule has 2 aliphatic rings. The third-order valence-corrected chi connectivity index (χ3v) is 9.83. The zero-order valence-corrected chi connectivity index (χ0v) is 30.2. The van der Waals surface area contributed by atoms with Crippen LogP contribution in [0.2, 0.25) is 5.02 Å². The molecule has 1 unspecified atom stereocenters. The summed E-state index contributed by atoms with van der Waals surface area (Å²) >= 11 is 6.43. The lowest BCUT2D eigenvalue weighted by Crippen LogP contribution is -2.49. The first-order valence-electron chi connectivity index (χ1n) is 16.7. The molecule has 12 nitrogen and oxygen atoms in total. The van der Waals surface area contributed by atoms with E-state index < -0.39 is 78.6 Å². The second kappa shape index (κ2) is 15.0. The normalized spacial score (nSPS) is 20.6. The highest BCUT2D eigenvalue weighted by Gasteiger charge is 2.57. The number of halogens is 7. The largest absolute Gasteiger partial charge is 0.445 e. The van der Waals surface area contributed by atoms with Crippen molar-refractivity contribution in [2.75, 3.05) is 6.61 Å². The van der Waals surface area contributed by atoms with Gasteiger partial charge in [-0.1, -0.05) is 69.3 Å². The van der Waals surface area contributed by atoms with E-state index >= 15 is 4.79 Å². The Hall–Kier alpha value is -5.52. The van der Waals surface area contributed by atoms with Gasteiger partial charge in [0.25, 0.3) is 12.3 Å². The average Bonchev–Trinajstić information content (AvgIpc) is 3.41. The SMILES string of the molecule is C=C(C(C)(C)C)[C@]1(c2ccc(-c3cnn(C(F)F)c3)cc2)NC(=N)N([C@H](COC(=O)/N=C\C2C[C@@H]2C(F)F)c2ccc(Cl)c(-n3ncnc3C(F)F)c2)C1=O. The van der Waals surface area contributed by atoms with Crippen LogP contribution in [0, 0.1) is 22.7 Å². The number of guanidine groups is 1. The first-order chi connectivity index (χ1) is 25.9. The minimum atomic E-state index is -3.04. The van der Waals surface area contributed by atoms with Crippen molar-refractivity contribution in [2.45, 2.75) is 58.2 Å². The predicted molar refractivity (Wildman–Crippen MR) is 188 cm³/mol.